The van der Waals surface area contributed by atoms with Crippen LogP contribution in [0.3, 0.4) is 0 Å². The Morgan fingerprint density at radius 2 is 2.16 bits per heavy atom. The molecule has 0 saturated carbocycles. The Bertz CT molecular complexity index is 614. The first-order chi connectivity index (χ1) is 9.18. The third kappa shape index (κ3) is 1.87. The van der Waals surface area contributed by atoms with Crippen LogP contribution in [0.25, 0.3) is 0 Å². The van der Waals surface area contributed by atoms with Crippen LogP contribution < -0.4 is 9.64 Å². The van der Waals surface area contributed by atoms with E-state index in [0.717, 1.165) is 22.8 Å². The van der Waals surface area contributed by atoms with Gasteiger partial charge in [0, 0.05) is 5.69 Å². The molecule has 0 bridgehead atoms. The van der Waals surface area contributed by atoms with E-state index in [1.807, 2.05) is 38.1 Å². The van der Waals surface area contributed by atoms with E-state index >= 15 is 0 Å². The molecular weight excluding hydrogens is 242 g/mol. The van der Waals surface area contributed by atoms with Crippen LogP contribution in [0.2, 0.25) is 0 Å². The lowest BCUT2D eigenvalue weighted by Gasteiger charge is -2.29. The number of anilines is 1. The fourth-order valence-electron chi connectivity index (χ4n) is 2.38. The van der Waals surface area contributed by atoms with E-state index in [1.54, 1.807) is 4.90 Å². The quantitative estimate of drug-likeness (QED) is 0.850. The lowest BCUT2D eigenvalue weighted by molar-refractivity contribution is 0.0975. The van der Waals surface area contributed by atoms with Gasteiger partial charge in [-0.3, -0.25) is 9.89 Å². The van der Waals surface area contributed by atoms with E-state index in [-0.39, 0.29) is 5.91 Å². The van der Waals surface area contributed by atoms with E-state index in [1.165, 1.54) is 0 Å². The van der Waals surface area contributed by atoms with Gasteiger partial charge in [-0.2, -0.15) is 5.10 Å². The molecule has 0 radical (unpaired) electrons. The molecule has 2 heterocycles. The number of nitrogens with one attached hydrogen (secondary N) is 1. The van der Waals surface area contributed by atoms with Gasteiger partial charge in [0.05, 0.1) is 23.5 Å². The Hall–Kier alpha value is -2.30. The Morgan fingerprint density at radius 1 is 1.37 bits per heavy atom. The number of carbonyl (C=O) groups is 1. The molecule has 0 atom stereocenters. The molecule has 0 aliphatic carbocycles. The van der Waals surface area contributed by atoms with Crippen molar-refractivity contribution in [2.24, 2.45) is 0 Å². The van der Waals surface area contributed by atoms with E-state index < -0.39 is 0 Å². The molecule has 1 aliphatic heterocycles. The summed E-state index contributed by atoms with van der Waals surface area (Å²) in [4.78, 5) is 14.4. The topological polar surface area (TPSA) is 58.2 Å². The number of hydrogen-bond donors (Lipinski definition) is 1. The maximum Gasteiger partial charge on any atom is 0.262 e. The highest BCUT2D eigenvalue weighted by Crippen LogP contribution is 2.32. The monoisotopic (exact) mass is 257 g/mol. The first-order valence-electron chi connectivity index (χ1n) is 6.23. The average molecular weight is 257 g/mol. The summed E-state index contributed by atoms with van der Waals surface area (Å²) in [6.07, 6.45) is 0. The van der Waals surface area contributed by atoms with Crippen LogP contribution in [-0.2, 0) is 0 Å². The van der Waals surface area contributed by atoms with Crippen molar-refractivity contribution in [3.63, 3.8) is 0 Å². The zero-order valence-corrected chi connectivity index (χ0v) is 10.9. The number of amides is 1. The fourth-order valence-corrected chi connectivity index (χ4v) is 2.38. The van der Waals surface area contributed by atoms with Crippen molar-refractivity contribution < 1.29 is 9.53 Å². The van der Waals surface area contributed by atoms with E-state index in [4.69, 9.17) is 4.74 Å². The van der Waals surface area contributed by atoms with Crippen LogP contribution in [0.1, 0.15) is 21.7 Å². The standard InChI is InChI=1S/C14H15N3O2/c1-9-13(10(2)16-15-9)14(18)17-7-8-19-12-6-4-3-5-11(12)17/h3-6H,7-8H2,1-2H3,(H,15,16). The smallest absolute Gasteiger partial charge is 0.262 e. The van der Waals surface area contributed by atoms with E-state index in [9.17, 15) is 4.79 Å². The predicted octanol–water partition coefficient (Wildman–Crippen LogP) is 2.07. The van der Waals surface area contributed by atoms with Crippen molar-refractivity contribution in [2.75, 3.05) is 18.1 Å². The van der Waals surface area contributed by atoms with Crippen molar-refractivity contribution in [1.29, 1.82) is 0 Å². The second-order valence-corrected chi connectivity index (χ2v) is 4.58. The van der Waals surface area contributed by atoms with Crippen LogP contribution >= 0.6 is 0 Å². The number of rotatable bonds is 1. The van der Waals surface area contributed by atoms with Crippen LogP contribution in [-0.4, -0.2) is 29.3 Å². The Labute approximate surface area is 111 Å². The Kier molecular flexibility index (Phi) is 2.74. The third-order valence-corrected chi connectivity index (χ3v) is 3.32. The van der Waals surface area contributed by atoms with Crippen molar-refractivity contribution >= 4 is 11.6 Å². The number of benzene rings is 1. The highest BCUT2D eigenvalue weighted by Gasteiger charge is 2.27. The molecule has 2 aromatic rings. The number of aromatic nitrogens is 2. The van der Waals surface area contributed by atoms with E-state index in [0.29, 0.717) is 18.7 Å². The molecule has 1 aromatic carbocycles. The molecular formula is C14H15N3O2. The number of aromatic amines is 1. The third-order valence-electron chi connectivity index (χ3n) is 3.32. The van der Waals surface area contributed by atoms with Crippen molar-refractivity contribution in [1.82, 2.24) is 10.2 Å². The first kappa shape index (κ1) is 11.8. The van der Waals surface area contributed by atoms with Gasteiger partial charge in [-0.05, 0) is 26.0 Å². The van der Waals surface area contributed by atoms with Gasteiger partial charge in [0.1, 0.15) is 12.4 Å². The van der Waals surface area contributed by atoms with Gasteiger partial charge in [0.15, 0.2) is 0 Å². The molecule has 0 unspecified atom stereocenters. The zero-order chi connectivity index (χ0) is 13.4. The lowest BCUT2D eigenvalue weighted by Crippen LogP contribution is -2.38. The SMILES string of the molecule is Cc1n[nH]c(C)c1C(=O)N1CCOc2ccccc21. The lowest BCUT2D eigenvalue weighted by atomic mass is 10.1. The van der Waals surface area contributed by atoms with Gasteiger partial charge in [-0.1, -0.05) is 12.1 Å². The minimum absolute atomic E-state index is 0.0282. The van der Waals surface area contributed by atoms with Gasteiger partial charge in [0.2, 0.25) is 0 Å². The molecule has 3 rings (SSSR count). The molecule has 98 valence electrons. The molecule has 1 aliphatic rings. The number of H-pyrrole nitrogens is 1. The summed E-state index contributed by atoms with van der Waals surface area (Å²) in [7, 11) is 0. The second kappa shape index (κ2) is 4.42. The Morgan fingerprint density at radius 3 is 2.89 bits per heavy atom. The highest BCUT2D eigenvalue weighted by molar-refractivity contribution is 6.08. The van der Waals surface area contributed by atoms with Crippen LogP contribution in [0.15, 0.2) is 24.3 Å². The van der Waals surface area contributed by atoms with Gasteiger partial charge in [0.25, 0.3) is 5.91 Å². The molecule has 19 heavy (non-hydrogen) atoms. The number of aryl methyl sites for hydroxylation is 2. The number of ether oxygens (including phenoxy) is 1. The summed E-state index contributed by atoms with van der Waals surface area (Å²) >= 11 is 0. The molecule has 0 spiro atoms. The highest BCUT2D eigenvalue weighted by atomic mass is 16.5. The fraction of sp³-hybridized carbons (Fsp3) is 0.286. The van der Waals surface area contributed by atoms with Crippen molar-refractivity contribution in [3.05, 3.63) is 41.2 Å². The maximum atomic E-state index is 12.7. The first-order valence-corrected chi connectivity index (χ1v) is 6.23. The molecule has 1 aromatic heterocycles. The second-order valence-electron chi connectivity index (χ2n) is 4.58. The summed E-state index contributed by atoms with van der Waals surface area (Å²) in [6, 6.07) is 7.59. The van der Waals surface area contributed by atoms with Crippen LogP contribution in [0.4, 0.5) is 5.69 Å². The molecule has 1 amide bonds. The number of nitrogens with zero attached hydrogens (tertiary/aromatic N) is 2. The largest absolute Gasteiger partial charge is 0.490 e. The summed E-state index contributed by atoms with van der Waals surface area (Å²) in [6.45, 7) is 4.77. The molecule has 0 fully saturated rings. The summed E-state index contributed by atoms with van der Waals surface area (Å²) < 4.78 is 5.56. The number of fused-ring (bicyclic) bond motifs is 1. The number of hydrogen-bond acceptors (Lipinski definition) is 3. The zero-order valence-electron chi connectivity index (χ0n) is 10.9. The van der Waals surface area contributed by atoms with Gasteiger partial charge >= 0.3 is 0 Å². The van der Waals surface area contributed by atoms with Crippen molar-refractivity contribution in [2.45, 2.75) is 13.8 Å². The Balaban J connectivity index is 2.03. The van der Waals surface area contributed by atoms with E-state index in [2.05, 4.69) is 10.2 Å². The molecule has 1 N–H and O–H groups in total. The minimum Gasteiger partial charge on any atom is -0.490 e. The normalized spacial score (nSPS) is 13.9. The molecule has 5 nitrogen and oxygen atoms in total. The maximum absolute atomic E-state index is 12.7. The minimum atomic E-state index is -0.0282. The predicted molar refractivity (Wildman–Crippen MR) is 71.7 cm³/mol. The number of carbonyl (C=O) groups excluding carboxylic acids is 1. The number of para-hydroxylation sites is 2. The van der Waals surface area contributed by atoms with Crippen LogP contribution in [0.5, 0.6) is 5.75 Å². The summed E-state index contributed by atoms with van der Waals surface area (Å²) in [5, 5.41) is 6.94. The molecule has 5 heteroatoms. The summed E-state index contributed by atoms with van der Waals surface area (Å²) in [5.74, 6) is 0.723. The average Bonchev–Trinajstić information content (AvgIpc) is 2.77. The van der Waals surface area contributed by atoms with Gasteiger partial charge < -0.3 is 9.64 Å². The summed E-state index contributed by atoms with van der Waals surface area (Å²) in [5.41, 5.74) is 2.99. The van der Waals surface area contributed by atoms with Crippen molar-refractivity contribution in [3.8, 4) is 5.75 Å². The van der Waals surface area contributed by atoms with Gasteiger partial charge in [-0.25, -0.2) is 0 Å². The van der Waals surface area contributed by atoms with Gasteiger partial charge in [-0.15, -0.1) is 0 Å². The van der Waals surface area contributed by atoms with Crippen LogP contribution in [0, 0.1) is 13.8 Å². The molecule has 0 saturated heterocycles.